The van der Waals surface area contributed by atoms with Gasteiger partial charge in [0.1, 0.15) is 5.82 Å². The van der Waals surface area contributed by atoms with Crippen LogP contribution in [0.5, 0.6) is 0 Å². The molecular formula is C25H24Cl2N6O4S. The molecule has 2 aromatic carbocycles. The Morgan fingerprint density at radius 2 is 1.89 bits per heavy atom. The summed E-state index contributed by atoms with van der Waals surface area (Å²) in [6, 6.07) is 12.3. The molecule has 0 saturated carbocycles. The summed E-state index contributed by atoms with van der Waals surface area (Å²) >= 11 is 13.3. The van der Waals surface area contributed by atoms with E-state index in [9.17, 15) is 9.59 Å². The van der Waals surface area contributed by atoms with Crippen molar-refractivity contribution in [3.8, 4) is 0 Å². The van der Waals surface area contributed by atoms with Gasteiger partial charge < -0.3 is 19.4 Å². The van der Waals surface area contributed by atoms with Gasteiger partial charge in [0, 0.05) is 30.4 Å². The van der Waals surface area contributed by atoms with E-state index in [1.165, 1.54) is 16.4 Å². The zero-order valence-electron chi connectivity index (χ0n) is 20.4. The summed E-state index contributed by atoms with van der Waals surface area (Å²) in [6.07, 6.45) is 0.553. The Hall–Kier alpha value is -2.96. The second-order valence-corrected chi connectivity index (χ2v) is 10.4. The van der Waals surface area contributed by atoms with E-state index in [0.29, 0.717) is 70.4 Å². The van der Waals surface area contributed by atoms with Crippen LogP contribution in [0.25, 0.3) is 10.8 Å². The molecule has 2 aromatic heterocycles. The van der Waals surface area contributed by atoms with Gasteiger partial charge in [-0.3, -0.25) is 9.59 Å². The predicted molar refractivity (Wildman–Crippen MR) is 146 cm³/mol. The fraction of sp³-hybridized carbons (Fsp3) is 0.320. The standard InChI is InChI=1S/C25H24Cl2N6O4S/c1-32-21(29-30-25(32)38-14-22(34)28-19-7-6-15(26)12-18(19)27)13-20-16-4-2-3-5-17(16)24(35)33(31-20)9-8-23-36-10-11-37-23/h2-7,12,23H,8-11,13-14H2,1H3,(H,28,34). The summed E-state index contributed by atoms with van der Waals surface area (Å²) in [5, 5.41) is 18.8. The highest BCUT2D eigenvalue weighted by Crippen LogP contribution is 2.26. The molecule has 1 saturated heterocycles. The maximum atomic E-state index is 13.1. The van der Waals surface area contributed by atoms with E-state index in [0.717, 1.165) is 5.39 Å². The zero-order valence-corrected chi connectivity index (χ0v) is 22.7. The number of aryl methyl sites for hydroxylation is 1. The fourth-order valence-electron chi connectivity index (χ4n) is 4.07. The Balaban J connectivity index is 1.30. The minimum Gasteiger partial charge on any atom is -0.350 e. The maximum Gasteiger partial charge on any atom is 0.274 e. The van der Waals surface area contributed by atoms with Crippen LogP contribution in [-0.2, 0) is 34.3 Å². The van der Waals surface area contributed by atoms with E-state index in [2.05, 4.69) is 20.6 Å². The van der Waals surface area contributed by atoms with Gasteiger partial charge in [-0.15, -0.1) is 10.2 Å². The van der Waals surface area contributed by atoms with Gasteiger partial charge in [0.05, 0.1) is 47.2 Å². The quantitative estimate of drug-likeness (QED) is 0.299. The number of nitrogens with one attached hydrogen (secondary N) is 1. The summed E-state index contributed by atoms with van der Waals surface area (Å²) < 4.78 is 14.3. The van der Waals surface area contributed by atoms with Crippen LogP contribution in [0.15, 0.2) is 52.4 Å². The van der Waals surface area contributed by atoms with E-state index in [1.807, 2.05) is 29.8 Å². The van der Waals surface area contributed by atoms with Crippen LogP contribution in [0.4, 0.5) is 5.69 Å². The average Bonchev–Trinajstić information content (AvgIpc) is 3.55. The summed E-state index contributed by atoms with van der Waals surface area (Å²) in [5.41, 5.74) is 1.03. The molecule has 0 unspecified atom stereocenters. The molecule has 1 amide bonds. The first-order valence-corrected chi connectivity index (χ1v) is 13.6. The van der Waals surface area contributed by atoms with E-state index in [1.54, 1.807) is 24.3 Å². The minimum atomic E-state index is -0.329. The average molecular weight is 575 g/mol. The van der Waals surface area contributed by atoms with Crippen molar-refractivity contribution < 1.29 is 14.3 Å². The van der Waals surface area contributed by atoms with Crippen LogP contribution in [0.3, 0.4) is 0 Å². The molecule has 10 nitrogen and oxygen atoms in total. The highest BCUT2D eigenvalue weighted by Gasteiger charge is 2.19. The molecule has 3 heterocycles. The normalized spacial score (nSPS) is 13.9. The number of carbonyl (C=O) groups excluding carboxylic acids is 1. The molecule has 1 fully saturated rings. The Morgan fingerprint density at radius 1 is 1.13 bits per heavy atom. The largest absolute Gasteiger partial charge is 0.350 e. The lowest BCUT2D eigenvalue weighted by molar-refractivity contribution is -0.113. The number of thioether (sulfide) groups is 1. The van der Waals surface area contributed by atoms with Gasteiger partial charge >= 0.3 is 0 Å². The number of nitrogens with zero attached hydrogens (tertiary/aromatic N) is 5. The minimum absolute atomic E-state index is 0.113. The molecule has 1 N–H and O–H groups in total. The van der Waals surface area contributed by atoms with Gasteiger partial charge in [0.2, 0.25) is 5.91 Å². The number of benzene rings is 2. The van der Waals surface area contributed by atoms with Crippen molar-refractivity contribution in [2.45, 2.75) is 30.8 Å². The first-order valence-electron chi connectivity index (χ1n) is 11.9. The number of anilines is 1. The number of halogens is 2. The summed E-state index contributed by atoms with van der Waals surface area (Å²) in [5.74, 6) is 0.528. The van der Waals surface area contributed by atoms with Crippen LogP contribution in [0.2, 0.25) is 10.0 Å². The van der Waals surface area contributed by atoms with E-state index in [-0.39, 0.29) is 23.5 Å². The summed E-state index contributed by atoms with van der Waals surface area (Å²) in [6.45, 7) is 1.48. The predicted octanol–water partition coefficient (Wildman–Crippen LogP) is 3.92. The molecular weight excluding hydrogens is 551 g/mol. The Morgan fingerprint density at radius 3 is 2.66 bits per heavy atom. The van der Waals surface area contributed by atoms with Crippen molar-refractivity contribution in [1.29, 1.82) is 0 Å². The highest BCUT2D eigenvalue weighted by molar-refractivity contribution is 7.99. The molecule has 0 aliphatic carbocycles. The second kappa shape index (κ2) is 11.8. The first kappa shape index (κ1) is 26.6. The highest BCUT2D eigenvalue weighted by atomic mass is 35.5. The lowest BCUT2D eigenvalue weighted by Gasteiger charge is -2.13. The number of rotatable bonds is 9. The van der Waals surface area contributed by atoms with Crippen molar-refractivity contribution >= 4 is 57.3 Å². The molecule has 198 valence electrons. The van der Waals surface area contributed by atoms with Gasteiger partial charge in [-0.1, -0.05) is 53.2 Å². The van der Waals surface area contributed by atoms with E-state index < -0.39 is 0 Å². The van der Waals surface area contributed by atoms with Crippen LogP contribution in [-0.4, -0.2) is 55.7 Å². The van der Waals surface area contributed by atoms with Crippen LogP contribution in [0.1, 0.15) is 17.9 Å². The number of fused-ring (bicyclic) bond motifs is 1. The summed E-state index contributed by atoms with van der Waals surface area (Å²) in [4.78, 5) is 25.5. The lowest BCUT2D eigenvalue weighted by Crippen LogP contribution is -2.27. The number of ether oxygens (including phenoxy) is 2. The first-order chi connectivity index (χ1) is 18.4. The maximum absolute atomic E-state index is 13.1. The van der Waals surface area contributed by atoms with Crippen LogP contribution < -0.4 is 10.9 Å². The molecule has 4 aromatic rings. The second-order valence-electron chi connectivity index (χ2n) is 8.58. The van der Waals surface area contributed by atoms with Gasteiger partial charge in [-0.2, -0.15) is 5.10 Å². The smallest absolute Gasteiger partial charge is 0.274 e. The Labute approximate surface area is 232 Å². The molecule has 1 aliphatic heterocycles. The van der Waals surface area contributed by atoms with Crippen molar-refractivity contribution in [1.82, 2.24) is 24.5 Å². The van der Waals surface area contributed by atoms with Gasteiger partial charge in [0.25, 0.3) is 5.56 Å². The van der Waals surface area contributed by atoms with Gasteiger partial charge in [0.15, 0.2) is 11.4 Å². The topological polar surface area (TPSA) is 113 Å². The third-order valence-electron chi connectivity index (χ3n) is 6.00. The van der Waals surface area contributed by atoms with Gasteiger partial charge in [-0.25, -0.2) is 4.68 Å². The summed E-state index contributed by atoms with van der Waals surface area (Å²) in [7, 11) is 1.83. The zero-order chi connectivity index (χ0) is 26.6. The van der Waals surface area contributed by atoms with Crippen LogP contribution >= 0.6 is 35.0 Å². The number of hydrogen-bond acceptors (Lipinski definition) is 8. The number of hydrogen-bond donors (Lipinski definition) is 1. The van der Waals surface area contributed by atoms with Gasteiger partial charge in [-0.05, 0) is 24.3 Å². The van der Waals surface area contributed by atoms with Crippen molar-refractivity contribution in [3.63, 3.8) is 0 Å². The molecule has 38 heavy (non-hydrogen) atoms. The van der Waals surface area contributed by atoms with Crippen molar-refractivity contribution in [2.75, 3.05) is 24.3 Å². The van der Waals surface area contributed by atoms with Crippen molar-refractivity contribution in [3.05, 3.63) is 74.4 Å². The van der Waals surface area contributed by atoms with E-state index >= 15 is 0 Å². The monoisotopic (exact) mass is 574 g/mol. The number of carbonyl (C=O) groups is 1. The molecule has 13 heteroatoms. The molecule has 0 bridgehead atoms. The number of aromatic nitrogens is 5. The molecule has 0 spiro atoms. The third-order valence-corrected chi connectivity index (χ3v) is 7.57. The van der Waals surface area contributed by atoms with Crippen LogP contribution in [0, 0.1) is 0 Å². The van der Waals surface area contributed by atoms with E-state index in [4.69, 9.17) is 32.7 Å². The SMILES string of the molecule is Cn1c(Cc2nn(CCC3OCCO3)c(=O)c3ccccc23)nnc1SCC(=O)Nc1ccc(Cl)cc1Cl. The van der Waals surface area contributed by atoms with Crippen molar-refractivity contribution in [2.24, 2.45) is 7.05 Å². The molecule has 0 radical (unpaired) electrons. The molecule has 1 aliphatic rings. The molecule has 0 atom stereocenters. The lowest BCUT2D eigenvalue weighted by atomic mass is 10.1. The fourth-order valence-corrected chi connectivity index (χ4v) is 5.26. The third kappa shape index (κ3) is 6.02. The Bertz CT molecular complexity index is 1540. The number of amides is 1. The Kier molecular flexibility index (Phi) is 8.29. The molecule has 5 rings (SSSR count).